The molecule has 0 radical (unpaired) electrons. The van der Waals surface area contributed by atoms with Gasteiger partial charge in [0.25, 0.3) is 0 Å². The number of benzene rings is 1. The molecule has 2 heterocycles. The molecule has 0 atom stereocenters. The highest BCUT2D eigenvalue weighted by Gasteiger charge is 2.27. The van der Waals surface area contributed by atoms with Gasteiger partial charge in [0.2, 0.25) is 6.79 Å². The molecule has 0 bridgehead atoms. The second kappa shape index (κ2) is 5.78. The van der Waals surface area contributed by atoms with E-state index in [0.717, 1.165) is 34.5 Å². The van der Waals surface area contributed by atoms with Crippen molar-refractivity contribution in [2.24, 2.45) is 0 Å². The zero-order chi connectivity index (χ0) is 14.9. The third kappa shape index (κ3) is 2.58. The van der Waals surface area contributed by atoms with Gasteiger partial charge in [-0.15, -0.1) is 23.2 Å². The zero-order valence-electron chi connectivity index (χ0n) is 11.7. The quantitative estimate of drug-likeness (QED) is 0.843. The van der Waals surface area contributed by atoms with Gasteiger partial charge >= 0.3 is 0 Å². The Labute approximate surface area is 133 Å². The summed E-state index contributed by atoms with van der Waals surface area (Å²) >= 11 is 12.2. The number of hydrogen-bond acceptors (Lipinski definition) is 4. The maximum absolute atomic E-state index is 6.10. The number of aromatic nitrogens is 1. The number of fused-ring (bicyclic) bond motifs is 2. The van der Waals surface area contributed by atoms with Crippen LogP contribution >= 0.6 is 23.2 Å². The first-order valence-corrected chi connectivity index (χ1v) is 7.87. The first-order valence-electron chi connectivity index (χ1n) is 6.80. The highest BCUT2D eigenvalue weighted by atomic mass is 35.5. The largest absolute Gasteiger partial charge is 0.454 e. The Morgan fingerprint density at radius 1 is 1.24 bits per heavy atom. The van der Waals surface area contributed by atoms with E-state index in [2.05, 4.69) is 17.2 Å². The fourth-order valence-electron chi connectivity index (χ4n) is 2.29. The van der Waals surface area contributed by atoms with Crippen LogP contribution in [0, 0.1) is 0 Å². The Balaban J connectivity index is 2.06. The number of pyridine rings is 1. The van der Waals surface area contributed by atoms with Crippen LogP contribution in [0.2, 0.25) is 0 Å². The molecule has 0 amide bonds. The summed E-state index contributed by atoms with van der Waals surface area (Å²) in [5.41, 5.74) is -0.374. The Morgan fingerprint density at radius 2 is 1.95 bits per heavy atom. The van der Waals surface area contributed by atoms with Crippen LogP contribution < -0.4 is 14.8 Å². The summed E-state index contributed by atoms with van der Waals surface area (Å²) in [6, 6.07) is 5.84. The van der Waals surface area contributed by atoms with Crippen molar-refractivity contribution >= 4 is 39.8 Å². The zero-order valence-corrected chi connectivity index (χ0v) is 13.2. The number of nitrogens with zero attached hydrogens (tertiary/aromatic N) is 1. The molecule has 2 aromatic rings. The Bertz CT molecular complexity index is 651. The fourth-order valence-corrected chi connectivity index (χ4v) is 3.09. The van der Waals surface area contributed by atoms with E-state index in [9.17, 15) is 0 Å². The molecule has 112 valence electrons. The van der Waals surface area contributed by atoms with Crippen molar-refractivity contribution in [1.29, 1.82) is 0 Å². The number of rotatable bonds is 5. The predicted octanol–water partition coefficient (Wildman–Crippen LogP) is 4.00. The second-order valence-electron chi connectivity index (χ2n) is 5.11. The molecule has 1 aromatic heterocycles. The topological polar surface area (TPSA) is 43.4 Å². The molecule has 3 rings (SSSR count). The SMILES string of the molecule is CCC(CCl)(CCl)Nc1nccc2cc3c(cc12)OCO3. The van der Waals surface area contributed by atoms with Crippen molar-refractivity contribution in [3.63, 3.8) is 0 Å². The summed E-state index contributed by atoms with van der Waals surface area (Å²) in [5.74, 6) is 3.08. The van der Waals surface area contributed by atoms with Crippen LogP contribution in [0.25, 0.3) is 10.8 Å². The monoisotopic (exact) mass is 326 g/mol. The molecule has 0 unspecified atom stereocenters. The Morgan fingerprint density at radius 3 is 2.62 bits per heavy atom. The van der Waals surface area contributed by atoms with Crippen LogP contribution in [0.3, 0.4) is 0 Å². The lowest BCUT2D eigenvalue weighted by atomic mass is 10.0. The van der Waals surface area contributed by atoms with E-state index >= 15 is 0 Å². The Hall–Kier alpha value is -1.39. The highest BCUT2D eigenvalue weighted by molar-refractivity contribution is 6.22. The molecule has 1 N–H and O–H groups in total. The lowest BCUT2D eigenvalue weighted by Gasteiger charge is -2.30. The maximum atomic E-state index is 6.10. The third-order valence-electron chi connectivity index (χ3n) is 3.83. The van der Waals surface area contributed by atoms with Gasteiger partial charge in [-0.1, -0.05) is 6.92 Å². The van der Waals surface area contributed by atoms with Crippen molar-refractivity contribution in [1.82, 2.24) is 4.98 Å². The minimum absolute atomic E-state index is 0.254. The van der Waals surface area contributed by atoms with Crippen LogP contribution in [0.1, 0.15) is 13.3 Å². The lowest BCUT2D eigenvalue weighted by molar-refractivity contribution is 0.174. The van der Waals surface area contributed by atoms with E-state index in [1.54, 1.807) is 6.20 Å². The van der Waals surface area contributed by atoms with Gasteiger partial charge < -0.3 is 14.8 Å². The summed E-state index contributed by atoms with van der Waals surface area (Å²) in [5, 5.41) is 5.41. The summed E-state index contributed by atoms with van der Waals surface area (Å²) in [4.78, 5) is 4.44. The molecule has 1 aliphatic heterocycles. The van der Waals surface area contributed by atoms with Gasteiger partial charge in [-0.3, -0.25) is 0 Å². The molecule has 0 spiro atoms. The standard InChI is InChI=1S/C15H16Cl2N2O2/c1-2-15(7-16,8-17)19-14-11-6-13-12(20-9-21-13)5-10(11)3-4-18-14/h3-6H,2,7-9H2,1H3,(H,18,19). The molecular weight excluding hydrogens is 311 g/mol. The summed E-state index contributed by atoms with van der Waals surface area (Å²) in [6.45, 7) is 2.31. The van der Waals surface area contributed by atoms with E-state index in [1.165, 1.54) is 0 Å². The summed E-state index contributed by atoms with van der Waals surface area (Å²) < 4.78 is 10.8. The number of alkyl halides is 2. The van der Waals surface area contributed by atoms with Gasteiger partial charge in [-0.2, -0.15) is 0 Å². The minimum atomic E-state index is -0.374. The lowest BCUT2D eigenvalue weighted by Crippen LogP contribution is -2.42. The van der Waals surface area contributed by atoms with Crippen LogP contribution in [0.5, 0.6) is 11.5 Å². The van der Waals surface area contributed by atoms with Crippen molar-refractivity contribution in [2.45, 2.75) is 18.9 Å². The van der Waals surface area contributed by atoms with Gasteiger partial charge in [0.05, 0.1) is 5.54 Å². The average Bonchev–Trinajstić information content (AvgIpc) is 2.98. The fraction of sp³-hybridized carbons (Fsp3) is 0.400. The maximum Gasteiger partial charge on any atom is 0.231 e. The normalized spacial score (nSPS) is 13.7. The first kappa shape index (κ1) is 14.5. The van der Waals surface area contributed by atoms with Crippen molar-refractivity contribution in [3.05, 3.63) is 24.4 Å². The van der Waals surface area contributed by atoms with Gasteiger partial charge in [-0.25, -0.2) is 4.98 Å². The van der Waals surface area contributed by atoms with Crippen molar-refractivity contribution in [2.75, 3.05) is 23.9 Å². The second-order valence-corrected chi connectivity index (χ2v) is 5.65. The van der Waals surface area contributed by atoms with E-state index in [4.69, 9.17) is 32.7 Å². The molecule has 0 saturated heterocycles. The summed E-state index contributed by atoms with van der Waals surface area (Å²) in [7, 11) is 0. The van der Waals surface area contributed by atoms with Crippen molar-refractivity contribution in [3.8, 4) is 11.5 Å². The van der Waals surface area contributed by atoms with Crippen molar-refractivity contribution < 1.29 is 9.47 Å². The molecule has 1 aromatic carbocycles. The van der Waals surface area contributed by atoms with Gasteiger partial charge in [0, 0.05) is 23.3 Å². The molecular formula is C15H16Cl2N2O2. The first-order chi connectivity index (χ1) is 10.2. The van der Waals surface area contributed by atoms with Crippen LogP contribution in [0.15, 0.2) is 24.4 Å². The molecule has 0 saturated carbocycles. The molecule has 0 aliphatic carbocycles. The smallest absolute Gasteiger partial charge is 0.231 e. The van der Waals surface area contributed by atoms with Gasteiger partial charge in [0.15, 0.2) is 11.5 Å². The predicted molar refractivity (Wildman–Crippen MR) is 86.0 cm³/mol. The number of anilines is 1. The average molecular weight is 327 g/mol. The van der Waals surface area contributed by atoms with Crippen LogP contribution in [0.4, 0.5) is 5.82 Å². The van der Waals surface area contributed by atoms with Gasteiger partial charge in [0.1, 0.15) is 5.82 Å². The number of nitrogens with one attached hydrogen (secondary N) is 1. The molecule has 6 heteroatoms. The van der Waals surface area contributed by atoms with E-state index in [1.807, 2.05) is 18.2 Å². The number of hydrogen-bond donors (Lipinski definition) is 1. The third-order valence-corrected chi connectivity index (χ3v) is 4.85. The van der Waals surface area contributed by atoms with E-state index < -0.39 is 0 Å². The van der Waals surface area contributed by atoms with Gasteiger partial charge in [-0.05, 0) is 30.0 Å². The van der Waals surface area contributed by atoms with E-state index in [-0.39, 0.29) is 12.3 Å². The molecule has 0 fully saturated rings. The Kier molecular flexibility index (Phi) is 4.00. The summed E-state index contributed by atoms with van der Waals surface area (Å²) in [6.07, 6.45) is 2.57. The minimum Gasteiger partial charge on any atom is -0.454 e. The van der Waals surface area contributed by atoms with Crippen LogP contribution in [-0.4, -0.2) is 29.1 Å². The number of ether oxygens (including phenoxy) is 2. The van der Waals surface area contributed by atoms with E-state index in [0.29, 0.717) is 11.8 Å². The molecule has 21 heavy (non-hydrogen) atoms. The molecule has 4 nitrogen and oxygen atoms in total. The van der Waals surface area contributed by atoms with Crippen LogP contribution in [-0.2, 0) is 0 Å². The molecule has 1 aliphatic rings. The highest BCUT2D eigenvalue weighted by Crippen LogP contribution is 2.38. The number of halogens is 2.